The van der Waals surface area contributed by atoms with Crippen LogP contribution >= 0.6 is 0 Å². The molecule has 0 N–H and O–H groups in total. The summed E-state index contributed by atoms with van der Waals surface area (Å²) in [5, 5.41) is 8.93. The summed E-state index contributed by atoms with van der Waals surface area (Å²) in [6.45, 7) is 4.50. The summed E-state index contributed by atoms with van der Waals surface area (Å²) in [7, 11) is 3.57. The summed E-state index contributed by atoms with van der Waals surface area (Å²) in [4.78, 5) is 33.3. The van der Waals surface area contributed by atoms with Gasteiger partial charge < -0.3 is 13.9 Å². The number of pyridine rings is 1. The molecule has 4 aromatic heterocycles. The number of furan rings is 1. The van der Waals surface area contributed by atoms with Crippen molar-refractivity contribution in [2.45, 2.75) is 45.3 Å². The van der Waals surface area contributed by atoms with Crippen molar-refractivity contribution in [1.82, 2.24) is 24.5 Å². The van der Waals surface area contributed by atoms with Gasteiger partial charge in [-0.05, 0) is 32.3 Å². The van der Waals surface area contributed by atoms with Gasteiger partial charge in [-0.3, -0.25) is 19.1 Å². The highest BCUT2D eigenvalue weighted by Gasteiger charge is 2.38. The van der Waals surface area contributed by atoms with Gasteiger partial charge in [-0.1, -0.05) is 6.92 Å². The van der Waals surface area contributed by atoms with Crippen molar-refractivity contribution in [1.29, 1.82) is 0 Å². The third-order valence-electron chi connectivity index (χ3n) is 6.60. The van der Waals surface area contributed by atoms with Crippen LogP contribution in [0.25, 0.3) is 22.2 Å². The van der Waals surface area contributed by atoms with E-state index >= 15 is 0 Å². The van der Waals surface area contributed by atoms with Gasteiger partial charge in [0.2, 0.25) is 17.3 Å². The first-order valence-corrected chi connectivity index (χ1v) is 12.4. The smallest absolute Gasteiger partial charge is 0.414 e. The van der Waals surface area contributed by atoms with Crippen LogP contribution in [-0.2, 0) is 23.6 Å². The van der Waals surface area contributed by atoms with E-state index in [9.17, 15) is 9.59 Å². The summed E-state index contributed by atoms with van der Waals surface area (Å²) < 4.78 is 20.7. The molecule has 0 spiro atoms. The number of fused-ring (bicyclic) bond motifs is 1. The second-order valence-electron chi connectivity index (χ2n) is 9.14. The largest absolute Gasteiger partial charge is 0.449 e. The van der Waals surface area contributed by atoms with E-state index in [-0.39, 0.29) is 30.2 Å². The second kappa shape index (κ2) is 10.2. The Morgan fingerprint density at radius 1 is 1.11 bits per heavy atom. The number of aryl methyl sites for hydroxylation is 2. The Bertz CT molecular complexity index is 1440. The van der Waals surface area contributed by atoms with Crippen LogP contribution < -0.4 is 4.90 Å². The minimum Gasteiger partial charge on any atom is -0.449 e. The molecule has 0 aromatic carbocycles. The summed E-state index contributed by atoms with van der Waals surface area (Å²) in [5.74, 6) is -0.371. The van der Waals surface area contributed by atoms with Gasteiger partial charge in [-0.15, -0.1) is 0 Å². The maximum atomic E-state index is 13.7. The molecule has 11 heteroatoms. The number of nitrogens with zero attached hydrogens (tertiary/aromatic N) is 6. The highest BCUT2D eigenvalue weighted by atomic mass is 16.6. The fourth-order valence-corrected chi connectivity index (χ4v) is 4.76. The number of amides is 1. The Balaban J connectivity index is 1.72. The average Bonchev–Trinajstić information content (AvgIpc) is 3.62. The van der Waals surface area contributed by atoms with Crippen LogP contribution in [0.5, 0.6) is 0 Å². The highest BCUT2D eigenvalue weighted by molar-refractivity contribution is 6.17. The molecule has 1 aliphatic rings. The van der Waals surface area contributed by atoms with Gasteiger partial charge in [0.25, 0.3) is 0 Å². The topological polar surface area (TPSA) is 118 Å². The van der Waals surface area contributed by atoms with Crippen LogP contribution in [0.4, 0.5) is 10.5 Å². The first-order valence-electron chi connectivity index (χ1n) is 12.4. The first-order chi connectivity index (χ1) is 17.9. The van der Waals surface area contributed by atoms with Crippen molar-refractivity contribution in [2.24, 2.45) is 14.1 Å². The van der Waals surface area contributed by atoms with E-state index in [2.05, 4.69) is 22.1 Å². The molecule has 0 saturated carbocycles. The zero-order valence-electron chi connectivity index (χ0n) is 21.4. The fraction of sp³-hybridized carbons (Fsp3) is 0.423. The summed E-state index contributed by atoms with van der Waals surface area (Å²) in [6, 6.07) is 1.63. The number of aromatic nitrogens is 5. The molecule has 1 saturated heterocycles. The molecular formula is C26H30N6O5. The number of hydrogen-bond acceptors (Lipinski definition) is 8. The number of rotatable bonds is 7. The molecule has 2 atom stereocenters. The van der Waals surface area contributed by atoms with Gasteiger partial charge in [-0.25, -0.2) is 9.78 Å². The molecule has 11 nitrogen and oxygen atoms in total. The van der Waals surface area contributed by atoms with Crippen molar-refractivity contribution in [2.75, 3.05) is 18.1 Å². The van der Waals surface area contributed by atoms with Crippen molar-refractivity contribution < 1.29 is 23.5 Å². The van der Waals surface area contributed by atoms with Gasteiger partial charge in [-0.2, -0.15) is 10.2 Å². The maximum Gasteiger partial charge on any atom is 0.414 e. The quantitative estimate of drug-likeness (QED) is 0.344. The lowest BCUT2D eigenvalue weighted by atomic mass is 9.98. The highest BCUT2D eigenvalue weighted by Crippen LogP contribution is 2.40. The standard InChI is InChI=1S/C26H30N6O5/c1-5-20-10-19(7-8-36-20)32(26(34)35-6-2)22-21-9-16(17-12-28-30(3)14-17)11-27-25(21)37-24(22)23(33)18-13-29-31(4)15-18/h9,11-15,19-20H,5-8,10H2,1-4H3/t19-,20-/m0/s1. The Hall–Kier alpha value is -3.99. The van der Waals surface area contributed by atoms with Crippen LogP contribution in [-0.4, -0.2) is 61.8 Å². The predicted octanol–water partition coefficient (Wildman–Crippen LogP) is 4.11. The molecule has 4 aromatic rings. The zero-order valence-corrected chi connectivity index (χ0v) is 21.4. The van der Waals surface area contributed by atoms with E-state index in [1.165, 1.54) is 6.20 Å². The Kier molecular flexibility index (Phi) is 6.79. The molecule has 0 unspecified atom stereocenters. The van der Waals surface area contributed by atoms with Crippen molar-refractivity contribution in [3.8, 4) is 11.1 Å². The van der Waals surface area contributed by atoms with E-state index in [1.807, 2.05) is 19.3 Å². The van der Waals surface area contributed by atoms with Crippen LogP contribution in [0.3, 0.4) is 0 Å². The lowest BCUT2D eigenvalue weighted by Gasteiger charge is -2.36. The third kappa shape index (κ3) is 4.74. The molecule has 0 bridgehead atoms. The normalized spacial score (nSPS) is 17.7. The monoisotopic (exact) mass is 506 g/mol. The number of carbonyl (C=O) groups excluding carboxylic acids is 2. The number of ketones is 1. The number of anilines is 1. The first kappa shape index (κ1) is 24.7. The van der Waals surface area contributed by atoms with E-state index < -0.39 is 11.9 Å². The van der Waals surface area contributed by atoms with E-state index in [1.54, 1.807) is 46.8 Å². The maximum absolute atomic E-state index is 13.7. The molecule has 0 aliphatic carbocycles. The van der Waals surface area contributed by atoms with Crippen LogP contribution in [0, 0.1) is 0 Å². The Morgan fingerprint density at radius 3 is 2.57 bits per heavy atom. The number of ether oxygens (including phenoxy) is 2. The van der Waals surface area contributed by atoms with Crippen LogP contribution in [0.2, 0.25) is 0 Å². The van der Waals surface area contributed by atoms with Crippen LogP contribution in [0.1, 0.15) is 49.2 Å². The van der Waals surface area contributed by atoms with Crippen molar-refractivity contribution in [3.63, 3.8) is 0 Å². The van der Waals surface area contributed by atoms with Gasteiger partial charge >= 0.3 is 6.09 Å². The van der Waals surface area contributed by atoms with Gasteiger partial charge in [0.15, 0.2) is 0 Å². The Labute approximate surface area is 214 Å². The van der Waals surface area contributed by atoms with Crippen LogP contribution in [0.15, 0.2) is 41.5 Å². The average molecular weight is 507 g/mol. The minimum absolute atomic E-state index is 0.00426. The Morgan fingerprint density at radius 2 is 1.89 bits per heavy atom. The number of hydrogen-bond donors (Lipinski definition) is 0. The fourth-order valence-electron chi connectivity index (χ4n) is 4.76. The zero-order chi connectivity index (χ0) is 26.1. The van der Waals surface area contributed by atoms with Gasteiger partial charge in [0.1, 0.15) is 5.69 Å². The van der Waals surface area contributed by atoms with Gasteiger partial charge in [0.05, 0.1) is 36.1 Å². The molecule has 1 aliphatic heterocycles. The predicted molar refractivity (Wildman–Crippen MR) is 135 cm³/mol. The molecule has 1 amide bonds. The van der Waals surface area contributed by atoms with E-state index in [0.717, 1.165) is 17.5 Å². The second-order valence-corrected chi connectivity index (χ2v) is 9.14. The third-order valence-corrected chi connectivity index (χ3v) is 6.60. The summed E-state index contributed by atoms with van der Waals surface area (Å²) >= 11 is 0. The SMILES string of the molecule is CCOC(=O)N(c1c(C(=O)c2cnn(C)c2)oc2ncc(-c3cnn(C)c3)cc12)[C@H]1CCO[C@@H](CC)C1. The molecule has 5 heterocycles. The van der Waals surface area contributed by atoms with Crippen molar-refractivity contribution in [3.05, 3.63) is 48.4 Å². The van der Waals surface area contributed by atoms with Crippen molar-refractivity contribution >= 4 is 28.7 Å². The molecule has 5 rings (SSSR count). The lowest BCUT2D eigenvalue weighted by molar-refractivity contribution is 0.00468. The molecule has 194 valence electrons. The molecule has 1 fully saturated rings. The van der Waals surface area contributed by atoms with Gasteiger partial charge in [0, 0.05) is 56.5 Å². The molecular weight excluding hydrogens is 476 g/mol. The van der Waals surface area contributed by atoms with E-state index in [4.69, 9.17) is 13.9 Å². The summed E-state index contributed by atoms with van der Waals surface area (Å²) in [6.07, 6.45) is 9.84. The molecule has 0 radical (unpaired) electrons. The molecule has 37 heavy (non-hydrogen) atoms. The van der Waals surface area contributed by atoms with E-state index in [0.29, 0.717) is 36.1 Å². The number of carbonyl (C=O) groups is 2. The lowest BCUT2D eigenvalue weighted by Crippen LogP contribution is -2.46. The minimum atomic E-state index is -0.543. The summed E-state index contributed by atoms with van der Waals surface area (Å²) in [5.41, 5.74) is 2.58.